The van der Waals surface area contributed by atoms with Crippen LogP contribution in [0.3, 0.4) is 0 Å². The Morgan fingerprint density at radius 1 is 0.600 bits per heavy atom. The van der Waals surface area contributed by atoms with E-state index in [2.05, 4.69) is 5.32 Å². The third-order valence-corrected chi connectivity index (χ3v) is 3.95. The zero-order chi connectivity index (χ0) is 8.93. The van der Waals surface area contributed by atoms with Gasteiger partial charge in [0.05, 0.1) is 0 Å². The summed E-state index contributed by atoms with van der Waals surface area (Å²) in [5.74, 6) is 2.16. The predicted molar refractivity (Wildman–Crippen MR) is 70.2 cm³/mol. The van der Waals surface area contributed by atoms with Crippen LogP contribution in [0.4, 0.5) is 0 Å². The van der Waals surface area contributed by atoms with Crippen molar-refractivity contribution in [1.29, 1.82) is 0 Å². The molecule has 92 valence electrons. The molecule has 1 aliphatic heterocycles. The van der Waals surface area contributed by atoms with Crippen LogP contribution in [0.1, 0.15) is 66.2 Å². The molecule has 2 fully saturated rings. The van der Waals surface area contributed by atoms with E-state index in [1.807, 2.05) is 0 Å². The van der Waals surface area contributed by atoms with Crippen molar-refractivity contribution in [1.82, 2.24) is 5.32 Å². The maximum Gasteiger partial charge on any atom is -0.00462 e. The van der Waals surface area contributed by atoms with Gasteiger partial charge in [0.1, 0.15) is 0 Å². The normalized spacial score (nSPS) is 24.8. The van der Waals surface area contributed by atoms with E-state index in [4.69, 9.17) is 0 Å². The largest absolute Gasteiger partial charge is 0.317 e. The summed E-state index contributed by atoms with van der Waals surface area (Å²) in [6.45, 7) is 2.56. The molecular formula is C14H31N. The SMILES string of the molecule is C.C.C1CCCC(C2CCNCC2)CC1. The fourth-order valence-electron chi connectivity index (χ4n) is 3.10. The lowest BCUT2D eigenvalue weighted by Gasteiger charge is -2.30. The van der Waals surface area contributed by atoms with E-state index in [1.165, 1.54) is 64.5 Å². The molecule has 0 atom stereocenters. The first-order valence-corrected chi connectivity index (χ1v) is 6.17. The smallest absolute Gasteiger partial charge is 0.00462 e. The zero-order valence-corrected chi connectivity index (χ0v) is 8.73. The second kappa shape index (κ2) is 8.15. The van der Waals surface area contributed by atoms with Gasteiger partial charge in [-0.25, -0.2) is 0 Å². The van der Waals surface area contributed by atoms with Crippen LogP contribution in [0.15, 0.2) is 0 Å². The third kappa shape index (κ3) is 4.55. The van der Waals surface area contributed by atoms with Crippen molar-refractivity contribution < 1.29 is 0 Å². The molecule has 1 nitrogen and oxygen atoms in total. The second-order valence-electron chi connectivity index (χ2n) is 4.84. The van der Waals surface area contributed by atoms with Gasteiger partial charge in [-0.05, 0) is 37.8 Å². The maximum atomic E-state index is 3.47. The highest BCUT2D eigenvalue weighted by atomic mass is 14.9. The number of hydrogen-bond donors (Lipinski definition) is 1. The monoisotopic (exact) mass is 213 g/mol. The Hall–Kier alpha value is -0.0400. The lowest BCUT2D eigenvalue weighted by molar-refractivity contribution is 0.237. The Morgan fingerprint density at radius 3 is 1.60 bits per heavy atom. The highest BCUT2D eigenvalue weighted by molar-refractivity contribution is 4.77. The average molecular weight is 213 g/mol. The van der Waals surface area contributed by atoms with Gasteiger partial charge in [0.2, 0.25) is 0 Å². The number of hydrogen-bond acceptors (Lipinski definition) is 1. The van der Waals surface area contributed by atoms with Crippen molar-refractivity contribution in [3.05, 3.63) is 0 Å². The summed E-state index contributed by atoms with van der Waals surface area (Å²) in [4.78, 5) is 0. The highest BCUT2D eigenvalue weighted by Crippen LogP contribution is 2.33. The molecule has 0 spiro atoms. The molecule has 15 heavy (non-hydrogen) atoms. The molecule has 2 aliphatic rings. The third-order valence-electron chi connectivity index (χ3n) is 3.95. The van der Waals surface area contributed by atoms with Crippen molar-refractivity contribution in [2.75, 3.05) is 13.1 Å². The van der Waals surface area contributed by atoms with E-state index in [9.17, 15) is 0 Å². The van der Waals surface area contributed by atoms with Crippen LogP contribution < -0.4 is 5.32 Å². The Balaban J connectivity index is 0.000000980. The molecule has 0 aromatic heterocycles. The van der Waals surface area contributed by atoms with E-state index >= 15 is 0 Å². The van der Waals surface area contributed by atoms with Crippen molar-refractivity contribution >= 4 is 0 Å². The van der Waals surface area contributed by atoms with E-state index in [1.54, 1.807) is 0 Å². The number of piperidine rings is 1. The van der Waals surface area contributed by atoms with Crippen LogP contribution in [-0.4, -0.2) is 13.1 Å². The van der Waals surface area contributed by atoms with E-state index < -0.39 is 0 Å². The summed E-state index contributed by atoms with van der Waals surface area (Å²) in [5, 5.41) is 3.47. The van der Waals surface area contributed by atoms with Gasteiger partial charge in [-0.1, -0.05) is 53.4 Å². The van der Waals surface area contributed by atoms with Crippen LogP contribution in [0, 0.1) is 11.8 Å². The Labute approximate surface area is 97.0 Å². The molecule has 2 rings (SSSR count). The number of rotatable bonds is 1. The van der Waals surface area contributed by atoms with Crippen LogP contribution in [0.25, 0.3) is 0 Å². The van der Waals surface area contributed by atoms with Gasteiger partial charge in [-0.2, -0.15) is 0 Å². The molecular weight excluding hydrogens is 182 g/mol. The van der Waals surface area contributed by atoms with E-state index in [0.29, 0.717) is 0 Å². The predicted octanol–water partition coefficient (Wildman–Crippen LogP) is 4.23. The molecule has 1 N–H and O–H groups in total. The first-order chi connectivity index (χ1) is 6.47. The van der Waals surface area contributed by atoms with Gasteiger partial charge in [0, 0.05) is 0 Å². The summed E-state index contributed by atoms with van der Waals surface area (Å²) in [5.41, 5.74) is 0. The topological polar surface area (TPSA) is 12.0 Å². The standard InChI is InChI=1S/C12H23N.2CH4/c1-2-4-6-11(5-3-1)12-7-9-13-10-8-12;;/h11-13H,1-10H2;2*1H4. The van der Waals surface area contributed by atoms with Gasteiger partial charge in [-0.3, -0.25) is 0 Å². The van der Waals surface area contributed by atoms with Crippen molar-refractivity contribution in [2.45, 2.75) is 66.2 Å². The van der Waals surface area contributed by atoms with Crippen LogP contribution in [0.5, 0.6) is 0 Å². The van der Waals surface area contributed by atoms with Crippen LogP contribution in [-0.2, 0) is 0 Å². The van der Waals surface area contributed by atoms with Crippen LogP contribution >= 0.6 is 0 Å². The fraction of sp³-hybridized carbons (Fsp3) is 1.00. The summed E-state index contributed by atoms with van der Waals surface area (Å²) >= 11 is 0. The maximum absolute atomic E-state index is 3.47. The minimum absolute atomic E-state index is 0. The van der Waals surface area contributed by atoms with E-state index in [0.717, 1.165) is 11.8 Å². The highest BCUT2D eigenvalue weighted by Gasteiger charge is 2.23. The van der Waals surface area contributed by atoms with Gasteiger partial charge in [0.15, 0.2) is 0 Å². The minimum atomic E-state index is 0. The fourth-order valence-corrected chi connectivity index (χ4v) is 3.10. The van der Waals surface area contributed by atoms with Crippen molar-refractivity contribution in [2.24, 2.45) is 11.8 Å². The van der Waals surface area contributed by atoms with Crippen LogP contribution in [0.2, 0.25) is 0 Å². The van der Waals surface area contributed by atoms with Gasteiger partial charge < -0.3 is 5.32 Å². The minimum Gasteiger partial charge on any atom is -0.317 e. The molecule has 0 radical (unpaired) electrons. The Bertz CT molecular complexity index is 130. The Morgan fingerprint density at radius 2 is 1.07 bits per heavy atom. The van der Waals surface area contributed by atoms with E-state index in [-0.39, 0.29) is 14.9 Å². The summed E-state index contributed by atoms with van der Waals surface area (Å²) < 4.78 is 0. The Kier molecular flexibility index (Phi) is 8.13. The molecule has 0 aromatic rings. The van der Waals surface area contributed by atoms with Gasteiger partial charge in [-0.15, -0.1) is 0 Å². The first-order valence-electron chi connectivity index (χ1n) is 6.17. The molecule has 0 amide bonds. The lowest BCUT2D eigenvalue weighted by Crippen LogP contribution is -2.31. The molecule has 1 saturated heterocycles. The summed E-state index contributed by atoms with van der Waals surface area (Å²) in [6.07, 6.45) is 12.0. The second-order valence-corrected chi connectivity index (χ2v) is 4.84. The summed E-state index contributed by atoms with van der Waals surface area (Å²) in [6, 6.07) is 0. The first kappa shape index (κ1) is 15.0. The average Bonchev–Trinajstić information content (AvgIpc) is 2.47. The molecule has 0 bridgehead atoms. The van der Waals surface area contributed by atoms with Crippen molar-refractivity contribution in [3.8, 4) is 0 Å². The molecule has 0 unspecified atom stereocenters. The quantitative estimate of drug-likeness (QED) is 0.643. The zero-order valence-electron chi connectivity index (χ0n) is 8.73. The molecule has 1 heteroatoms. The molecule has 1 aliphatic carbocycles. The lowest BCUT2D eigenvalue weighted by atomic mass is 9.80. The van der Waals surface area contributed by atoms with Gasteiger partial charge in [0.25, 0.3) is 0 Å². The molecule has 0 aromatic carbocycles. The molecule has 1 saturated carbocycles. The molecule has 1 heterocycles. The summed E-state index contributed by atoms with van der Waals surface area (Å²) in [7, 11) is 0. The number of nitrogens with one attached hydrogen (secondary N) is 1. The van der Waals surface area contributed by atoms with Crippen molar-refractivity contribution in [3.63, 3.8) is 0 Å². The van der Waals surface area contributed by atoms with Gasteiger partial charge >= 0.3 is 0 Å².